The van der Waals surface area contributed by atoms with Gasteiger partial charge in [0.2, 0.25) is 10.0 Å². The minimum atomic E-state index is -3.49. The molecule has 0 radical (unpaired) electrons. The van der Waals surface area contributed by atoms with Crippen molar-refractivity contribution in [1.29, 1.82) is 0 Å². The molecule has 2 aromatic rings. The normalized spacial score (nSPS) is 11.5. The van der Waals surface area contributed by atoms with Gasteiger partial charge >= 0.3 is 0 Å². The summed E-state index contributed by atoms with van der Waals surface area (Å²) in [4.78, 5) is 1.31. The van der Waals surface area contributed by atoms with E-state index in [0.29, 0.717) is 18.8 Å². The number of nitrogens with one attached hydrogen (secondary N) is 2. The monoisotopic (exact) mass is 344 g/mol. The van der Waals surface area contributed by atoms with E-state index in [0.717, 1.165) is 15.6 Å². The molecule has 0 aliphatic carbocycles. The van der Waals surface area contributed by atoms with Crippen molar-refractivity contribution in [2.45, 2.75) is 24.8 Å². The topological polar surface area (TPSA) is 58.2 Å². The first-order valence-electron chi connectivity index (χ1n) is 6.59. The largest absolute Gasteiger partial charge is 0.379 e. The average molecular weight is 345 g/mol. The quantitative estimate of drug-likeness (QED) is 0.805. The van der Waals surface area contributed by atoms with E-state index in [9.17, 15) is 8.42 Å². The molecule has 0 saturated carbocycles. The summed E-state index contributed by atoms with van der Waals surface area (Å²) < 4.78 is 27.8. The zero-order valence-corrected chi connectivity index (χ0v) is 14.0. The Kier molecular flexibility index (Phi) is 5.64. The summed E-state index contributed by atoms with van der Waals surface area (Å²) in [6, 6.07) is 10.6. The Labute approximate surface area is 134 Å². The van der Waals surface area contributed by atoms with Gasteiger partial charge in [-0.05, 0) is 30.7 Å². The Bertz CT molecular complexity index is 699. The van der Waals surface area contributed by atoms with Crippen LogP contribution in [-0.4, -0.2) is 15.0 Å². The van der Waals surface area contributed by atoms with E-state index in [4.69, 9.17) is 11.6 Å². The zero-order chi connectivity index (χ0) is 15.3. The highest BCUT2D eigenvalue weighted by Crippen LogP contribution is 2.25. The van der Waals surface area contributed by atoms with Crippen molar-refractivity contribution in [1.82, 2.24) is 4.72 Å². The summed E-state index contributed by atoms with van der Waals surface area (Å²) in [5.41, 5.74) is 0.589. The van der Waals surface area contributed by atoms with Crippen LogP contribution in [0.1, 0.15) is 18.2 Å². The summed E-state index contributed by atoms with van der Waals surface area (Å²) >= 11 is 7.36. The van der Waals surface area contributed by atoms with Crippen LogP contribution in [0.2, 0.25) is 4.34 Å². The van der Waals surface area contributed by atoms with Crippen LogP contribution in [0.4, 0.5) is 5.69 Å². The van der Waals surface area contributed by atoms with Crippen LogP contribution in [0.3, 0.4) is 0 Å². The molecule has 114 valence electrons. The van der Waals surface area contributed by atoms with Crippen molar-refractivity contribution in [2.24, 2.45) is 0 Å². The molecule has 4 nitrogen and oxygen atoms in total. The maximum absolute atomic E-state index is 12.3. The number of hydrogen-bond donors (Lipinski definition) is 2. The summed E-state index contributed by atoms with van der Waals surface area (Å²) in [5.74, 6) is 0. The molecule has 1 heterocycles. The fourth-order valence-electron chi connectivity index (χ4n) is 1.79. The summed E-state index contributed by atoms with van der Waals surface area (Å²) in [5, 5.41) is 3.16. The predicted octanol–water partition coefficient (Wildman–Crippen LogP) is 3.70. The van der Waals surface area contributed by atoms with E-state index >= 15 is 0 Å². The van der Waals surface area contributed by atoms with Crippen molar-refractivity contribution < 1.29 is 8.42 Å². The van der Waals surface area contributed by atoms with Gasteiger partial charge in [-0.3, -0.25) is 0 Å². The summed E-state index contributed by atoms with van der Waals surface area (Å²) in [7, 11) is -3.49. The third kappa shape index (κ3) is 4.44. The lowest BCUT2D eigenvalue weighted by atomic mass is 10.3. The first-order valence-corrected chi connectivity index (χ1v) is 9.27. The molecule has 1 aromatic carbocycles. The second-order valence-electron chi connectivity index (χ2n) is 4.45. The number of rotatable bonds is 7. The Hall–Kier alpha value is -1.08. The van der Waals surface area contributed by atoms with Gasteiger partial charge in [0.15, 0.2) is 0 Å². The van der Waals surface area contributed by atoms with E-state index in [1.807, 2.05) is 25.1 Å². The van der Waals surface area contributed by atoms with Crippen LogP contribution in [-0.2, 0) is 16.6 Å². The minimum Gasteiger partial charge on any atom is -0.379 e. The summed E-state index contributed by atoms with van der Waals surface area (Å²) in [6.07, 6.45) is 0.752. The Morgan fingerprint density at radius 3 is 2.62 bits per heavy atom. The van der Waals surface area contributed by atoms with Gasteiger partial charge in [-0.2, -0.15) is 0 Å². The smallest absolute Gasteiger partial charge is 0.242 e. The van der Waals surface area contributed by atoms with Gasteiger partial charge in [-0.25, -0.2) is 13.1 Å². The van der Waals surface area contributed by atoms with E-state index in [2.05, 4.69) is 10.0 Å². The molecule has 0 aliphatic heterocycles. The second-order valence-corrected chi connectivity index (χ2v) is 7.99. The molecule has 0 aliphatic rings. The van der Waals surface area contributed by atoms with Crippen molar-refractivity contribution in [3.63, 3.8) is 0 Å². The van der Waals surface area contributed by atoms with Crippen LogP contribution in [0.5, 0.6) is 0 Å². The first-order chi connectivity index (χ1) is 10.0. The van der Waals surface area contributed by atoms with E-state index < -0.39 is 10.0 Å². The standard InChI is InChI=1S/C14H17ClN2O2S2/c1-2-9-17-21(18,19)13-6-4-3-5-12(13)16-10-11-7-8-14(15)20-11/h3-8,16-17H,2,9-10H2,1H3. The van der Waals surface area contributed by atoms with Crippen LogP contribution in [0, 0.1) is 0 Å². The number of halogens is 1. The van der Waals surface area contributed by atoms with Crippen molar-refractivity contribution in [3.05, 3.63) is 45.6 Å². The maximum atomic E-state index is 12.3. The first kappa shape index (κ1) is 16.3. The number of para-hydroxylation sites is 1. The van der Waals surface area contributed by atoms with Crippen LogP contribution >= 0.6 is 22.9 Å². The number of benzene rings is 1. The van der Waals surface area contributed by atoms with Crippen molar-refractivity contribution in [3.8, 4) is 0 Å². The molecule has 2 N–H and O–H groups in total. The maximum Gasteiger partial charge on any atom is 0.242 e. The van der Waals surface area contributed by atoms with Gasteiger partial charge in [-0.1, -0.05) is 30.7 Å². The van der Waals surface area contributed by atoms with Gasteiger partial charge in [0.1, 0.15) is 4.90 Å². The third-order valence-electron chi connectivity index (χ3n) is 2.80. The van der Waals surface area contributed by atoms with E-state index in [-0.39, 0.29) is 4.90 Å². The lowest BCUT2D eigenvalue weighted by Gasteiger charge is -2.12. The molecule has 0 atom stereocenters. The minimum absolute atomic E-state index is 0.265. The highest BCUT2D eigenvalue weighted by atomic mass is 35.5. The molecule has 0 unspecified atom stereocenters. The fraction of sp³-hybridized carbons (Fsp3) is 0.286. The molecule has 7 heteroatoms. The SMILES string of the molecule is CCCNS(=O)(=O)c1ccccc1NCc1ccc(Cl)s1. The molecular weight excluding hydrogens is 328 g/mol. The Morgan fingerprint density at radius 1 is 1.19 bits per heavy atom. The average Bonchev–Trinajstić information content (AvgIpc) is 2.89. The van der Waals surface area contributed by atoms with Gasteiger partial charge in [-0.15, -0.1) is 11.3 Å². The molecule has 0 saturated heterocycles. The number of hydrogen-bond acceptors (Lipinski definition) is 4. The molecule has 0 amide bonds. The molecular formula is C14H17ClN2O2S2. The highest BCUT2D eigenvalue weighted by molar-refractivity contribution is 7.89. The Morgan fingerprint density at radius 2 is 1.95 bits per heavy atom. The van der Waals surface area contributed by atoms with Gasteiger partial charge in [0.05, 0.1) is 10.0 Å². The number of sulfonamides is 1. The highest BCUT2D eigenvalue weighted by Gasteiger charge is 2.17. The van der Waals surface area contributed by atoms with E-state index in [1.54, 1.807) is 18.2 Å². The van der Waals surface area contributed by atoms with Crippen LogP contribution < -0.4 is 10.0 Å². The van der Waals surface area contributed by atoms with Gasteiger partial charge < -0.3 is 5.32 Å². The molecule has 2 rings (SSSR count). The predicted molar refractivity (Wildman–Crippen MR) is 88.6 cm³/mol. The van der Waals surface area contributed by atoms with Gasteiger partial charge in [0.25, 0.3) is 0 Å². The summed E-state index contributed by atoms with van der Waals surface area (Å²) in [6.45, 7) is 2.89. The lowest BCUT2D eigenvalue weighted by molar-refractivity contribution is 0.581. The molecule has 1 aromatic heterocycles. The fourth-order valence-corrected chi connectivity index (χ4v) is 4.13. The Balaban J connectivity index is 2.16. The van der Waals surface area contributed by atoms with Crippen molar-refractivity contribution >= 4 is 38.6 Å². The van der Waals surface area contributed by atoms with Crippen LogP contribution in [0.25, 0.3) is 0 Å². The second kappa shape index (κ2) is 7.26. The van der Waals surface area contributed by atoms with Gasteiger partial charge in [0, 0.05) is 18.0 Å². The number of anilines is 1. The molecule has 0 spiro atoms. The van der Waals surface area contributed by atoms with Crippen LogP contribution in [0.15, 0.2) is 41.3 Å². The zero-order valence-electron chi connectivity index (χ0n) is 11.6. The lowest BCUT2D eigenvalue weighted by Crippen LogP contribution is -2.25. The molecule has 0 fully saturated rings. The third-order valence-corrected chi connectivity index (χ3v) is 5.55. The van der Waals surface area contributed by atoms with E-state index in [1.165, 1.54) is 11.3 Å². The van der Waals surface area contributed by atoms with Crippen molar-refractivity contribution in [2.75, 3.05) is 11.9 Å². The molecule has 0 bridgehead atoms. The number of thiophene rings is 1. The molecule has 21 heavy (non-hydrogen) atoms.